The van der Waals surface area contributed by atoms with E-state index >= 15 is 0 Å². The van der Waals surface area contributed by atoms with E-state index in [1.165, 1.54) is 12.6 Å². The minimum Gasteiger partial charge on any atom is -0.285 e. The summed E-state index contributed by atoms with van der Waals surface area (Å²) in [5.74, 6) is -2.38. The molecule has 1 rings (SSSR count). The molecule has 0 saturated carbocycles. The zero-order valence-corrected chi connectivity index (χ0v) is 5.73. The van der Waals surface area contributed by atoms with E-state index in [0.29, 0.717) is 12.1 Å². The number of hydrogen-bond donors (Lipinski definition) is 0. The molecule has 1 aromatic carbocycles. The highest BCUT2D eigenvalue weighted by atomic mass is 19.2. The first kappa shape index (κ1) is 8.52. The summed E-state index contributed by atoms with van der Waals surface area (Å²) in [5.41, 5.74) is -0.659. The first-order valence-corrected chi connectivity index (χ1v) is 2.94. The minimum absolute atomic E-state index is 0.330. The zero-order chi connectivity index (χ0) is 9.14. The van der Waals surface area contributed by atoms with Crippen LogP contribution in [0.4, 0.5) is 8.78 Å². The molecule has 60 valence electrons. The molecule has 0 aliphatic carbocycles. The molecule has 4 heteroatoms. The molecule has 0 spiro atoms. The average molecular weight is 168 g/mol. The molecule has 0 aliphatic rings. The summed E-state index contributed by atoms with van der Waals surface area (Å²) < 4.78 is 24.8. The molecule has 0 aliphatic heterocycles. The second-order valence-corrected chi connectivity index (χ2v) is 2.02. The Labute approximate surface area is 66.8 Å². The summed E-state index contributed by atoms with van der Waals surface area (Å²) in [4.78, 5) is 20.1. The van der Waals surface area contributed by atoms with E-state index in [1.54, 1.807) is 0 Å². The molecule has 0 bridgehead atoms. The number of hydrogen-bond acceptors (Lipinski definition) is 2. The summed E-state index contributed by atoms with van der Waals surface area (Å²) in [6.07, 6.45) is 2.59. The molecule has 0 N–H and O–H groups in total. The van der Waals surface area contributed by atoms with Gasteiger partial charge in [-0.15, -0.1) is 0 Å². The third-order valence-corrected chi connectivity index (χ3v) is 1.28. The molecule has 0 heterocycles. The maximum atomic E-state index is 12.4. The number of carbonyl (C=O) groups excluding carboxylic acids is 2. The lowest BCUT2D eigenvalue weighted by Gasteiger charge is -1.95. The van der Waals surface area contributed by atoms with E-state index in [0.717, 1.165) is 0 Å². The molecule has 0 amide bonds. The van der Waals surface area contributed by atoms with Crippen LogP contribution >= 0.6 is 0 Å². The van der Waals surface area contributed by atoms with Gasteiger partial charge in [-0.3, -0.25) is 9.59 Å². The molecule has 0 saturated heterocycles. The predicted octanol–water partition coefficient (Wildman–Crippen LogP) is 0.880. The first-order chi connectivity index (χ1) is 5.69. The van der Waals surface area contributed by atoms with Crippen molar-refractivity contribution in [3.63, 3.8) is 0 Å². The lowest BCUT2D eigenvalue weighted by Crippen LogP contribution is -1.95. The molecule has 0 fully saturated rings. The number of benzene rings is 1. The van der Waals surface area contributed by atoms with Gasteiger partial charge in [-0.25, -0.2) is 8.78 Å². The van der Waals surface area contributed by atoms with Crippen LogP contribution in [-0.2, 0) is 9.59 Å². The van der Waals surface area contributed by atoms with Crippen molar-refractivity contribution in [3.8, 4) is 0 Å². The smallest absolute Gasteiger partial charge is 0.234 e. The van der Waals surface area contributed by atoms with E-state index < -0.39 is 11.6 Å². The van der Waals surface area contributed by atoms with Gasteiger partial charge in [0.25, 0.3) is 0 Å². The largest absolute Gasteiger partial charge is 0.285 e. The fourth-order valence-electron chi connectivity index (χ4n) is 0.716. The van der Waals surface area contributed by atoms with Gasteiger partial charge in [0.1, 0.15) is 0 Å². The Balaban J connectivity index is 3.37. The summed E-state index contributed by atoms with van der Waals surface area (Å²) >= 11 is 0. The van der Waals surface area contributed by atoms with Crippen molar-refractivity contribution in [1.82, 2.24) is 0 Å². The highest BCUT2D eigenvalue weighted by molar-refractivity contribution is 5.90. The predicted molar refractivity (Wildman–Crippen MR) is 35.9 cm³/mol. The van der Waals surface area contributed by atoms with E-state index in [1.807, 2.05) is 0 Å². The minimum atomic E-state index is -1.19. The quantitative estimate of drug-likeness (QED) is 0.656. The number of halogens is 2. The van der Waals surface area contributed by atoms with Gasteiger partial charge in [-0.2, -0.15) is 0 Å². The topological polar surface area (TPSA) is 34.1 Å². The van der Waals surface area contributed by atoms with Crippen LogP contribution in [0.15, 0.2) is 12.1 Å². The summed E-state index contributed by atoms with van der Waals surface area (Å²) in [7, 11) is 0. The van der Waals surface area contributed by atoms with Gasteiger partial charge in [-0.1, -0.05) is 0 Å². The Bertz CT molecular complexity index is 301. The average Bonchev–Trinajstić information content (AvgIpc) is 2.09. The van der Waals surface area contributed by atoms with Crippen LogP contribution in [0.5, 0.6) is 0 Å². The standard InChI is InChI=1S/C8H2F2O2/c9-7-1-5(3-11)6(4-12)2-8(7)10/h1-2H. The van der Waals surface area contributed by atoms with Crippen LogP contribution in [0, 0.1) is 11.6 Å². The van der Waals surface area contributed by atoms with Gasteiger partial charge in [0.15, 0.2) is 11.6 Å². The van der Waals surface area contributed by atoms with Crippen molar-refractivity contribution in [1.29, 1.82) is 0 Å². The van der Waals surface area contributed by atoms with Crippen LogP contribution in [0.3, 0.4) is 0 Å². The zero-order valence-electron chi connectivity index (χ0n) is 5.73. The molecule has 0 unspecified atom stereocenters. The van der Waals surface area contributed by atoms with Gasteiger partial charge in [0, 0.05) is 11.1 Å². The van der Waals surface area contributed by atoms with Crippen LogP contribution < -0.4 is 0 Å². The second kappa shape index (κ2) is 3.21. The van der Waals surface area contributed by atoms with Crippen molar-refractivity contribution < 1.29 is 18.4 Å². The lowest BCUT2D eigenvalue weighted by atomic mass is 10.1. The van der Waals surface area contributed by atoms with Crippen molar-refractivity contribution in [2.45, 2.75) is 0 Å². The van der Waals surface area contributed by atoms with E-state index in [-0.39, 0.29) is 11.1 Å². The normalized spacial score (nSPS) is 9.50. The molecule has 2 radical (unpaired) electrons. The Morgan fingerprint density at radius 3 is 1.50 bits per heavy atom. The second-order valence-electron chi connectivity index (χ2n) is 2.02. The molecule has 0 aromatic heterocycles. The summed E-state index contributed by atoms with van der Waals surface area (Å²) in [5, 5.41) is 0. The van der Waals surface area contributed by atoms with Crippen LogP contribution in [0.1, 0.15) is 11.1 Å². The molecule has 2 nitrogen and oxygen atoms in total. The highest BCUT2D eigenvalue weighted by Crippen LogP contribution is 2.11. The SMILES string of the molecule is O=[C]c1cc(F)c(F)cc1[C]=O. The Hall–Kier alpha value is -1.58. The van der Waals surface area contributed by atoms with Crippen molar-refractivity contribution in [2.24, 2.45) is 0 Å². The monoisotopic (exact) mass is 168 g/mol. The van der Waals surface area contributed by atoms with E-state index in [4.69, 9.17) is 0 Å². The van der Waals surface area contributed by atoms with Crippen molar-refractivity contribution >= 4 is 12.6 Å². The van der Waals surface area contributed by atoms with Crippen molar-refractivity contribution in [2.75, 3.05) is 0 Å². The Morgan fingerprint density at radius 2 is 1.25 bits per heavy atom. The maximum Gasteiger partial charge on any atom is 0.234 e. The maximum absolute atomic E-state index is 12.4. The van der Waals surface area contributed by atoms with Gasteiger partial charge in [-0.05, 0) is 12.1 Å². The van der Waals surface area contributed by atoms with Gasteiger partial charge in [0.2, 0.25) is 12.6 Å². The summed E-state index contributed by atoms with van der Waals surface area (Å²) in [6, 6.07) is 1.20. The van der Waals surface area contributed by atoms with Crippen molar-refractivity contribution in [3.05, 3.63) is 34.9 Å². The van der Waals surface area contributed by atoms with Gasteiger partial charge >= 0.3 is 0 Å². The fourth-order valence-corrected chi connectivity index (χ4v) is 0.716. The third-order valence-electron chi connectivity index (χ3n) is 1.28. The van der Waals surface area contributed by atoms with Crippen LogP contribution in [0.2, 0.25) is 0 Å². The van der Waals surface area contributed by atoms with Gasteiger partial charge in [0.05, 0.1) is 0 Å². The molecule has 0 atom stereocenters. The van der Waals surface area contributed by atoms with Gasteiger partial charge < -0.3 is 0 Å². The summed E-state index contributed by atoms with van der Waals surface area (Å²) in [6.45, 7) is 0. The van der Waals surface area contributed by atoms with Crippen LogP contribution in [-0.4, -0.2) is 12.6 Å². The Kier molecular flexibility index (Phi) is 2.28. The third kappa shape index (κ3) is 1.37. The fraction of sp³-hybridized carbons (Fsp3) is 0. The van der Waals surface area contributed by atoms with Crippen LogP contribution in [0.25, 0.3) is 0 Å². The first-order valence-electron chi connectivity index (χ1n) is 2.94. The lowest BCUT2D eigenvalue weighted by molar-refractivity contribution is 0.506. The number of rotatable bonds is 2. The molecule has 1 aromatic rings. The highest BCUT2D eigenvalue weighted by Gasteiger charge is 2.09. The molecular weight excluding hydrogens is 166 g/mol. The molecular formula is C8H2F2O2. The Morgan fingerprint density at radius 1 is 0.917 bits per heavy atom. The molecule has 12 heavy (non-hydrogen) atoms. The van der Waals surface area contributed by atoms with E-state index in [9.17, 15) is 18.4 Å². The van der Waals surface area contributed by atoms with E-state index in [2.05, 4.69) is 0 Å².